The summed E-state index contributed by atoms with van der Waals surface area (Å²) < 4.78 is 0. The van der Waals surface area contributed by atoms with E-state index in [1.54, 1.807) is 0 Å². The van der Waals surface area contributed by atoms with Gasteiger partial charge in [0.25, 0.3) is 0 Å². The Morgan fingerprint density at radius 1 is 1.33 bits per heavy atom. The van der Waals surface area contributed by atoms with Gasteiger partial charge in [-0.05, 0) is 18.2 Å². The normalized spacial score (nSPS) is 10.9. The zero-order chi connectivity index (χ0) is 16.0. The Morgan fingerprint density at radius 2 is 1.95 bits per heavy atom. The molecule has 0 aliphatic carbocycles. The highest BCUT2D eigenvalue weighted by Gasteiger charge is 2.17. The number of rotatable bonds is 4. The largest absolute Gasteiger partial charge is 0.481 e. The highest BCUT2D eigenvalue weighted by molar-refractivity contribution is 5.89. The van der Waals surface area contributed by atoms with Gasteiger partial charge in [-0.3, -0.25) is 4.79 Å². The van der Waals surface area contributed by atoms with Crippen LogP contribution in [-0.2, 0) is 4.79 Å². The molecule has 0 spiro atoms. The number of carbonyl (C=O) groups is 2. The highest BCUT2D eigenvalue weighted by atomic mass is 16.4. The third-order valence-corrected chi connectivity index (χ3v) is 2.83. The van der Waals surface area contributed by atoms with Crippen LogP contribution in [0.4, 0.5) is 10.5 Å². The molecule has 1 aromatic rings. The van der Waals surface area contributed by atoms with Crippen molar-refractivity contribution in [2.45, 2.75) is 6.92 Å². The van der Waals surface area contributed by atoms with Crippen molar-refractivity contribution in [3.63, 3.8) is 0 Å². The molecule has 108 valence electrons. The SMILES string of the molecule is CC(CN(C)C(=O)Nc1ccc(C#N)c(C#N)c1)C(=O)O. The molecule has 2 amide bonds. The summed E-state index contributed by atoms with van der Waals surface area (Å²) in [6.45, 7) is 1.56. The fourth-order valence-electron chi connectivity index (χ4n) is 1.60. The summed E-state index contributed by atoms with van der Waals surface area (Å²) in [5.41, 5.74) is 0.755. The molecule has 0 bridgehead atoms. The molecule has 0 aliphatic rings. The molecule has 21 heavy (non-hydrogen) atoms. The molecular formula is C14H14N4O3. The maximum atomic E-state index is 11.9. The number of nitrogens with zero attached hydrogens (tertiary/aromatic N) is 3. The van der Waals surface area contributed by atoms with Crippen LogP contribution in [0.25, 0.3) is 0 Å². The summed E-state index contributed by atoms with van der Waals surface area (Å²) in [7, 11) is 1.48. The van der Waals surface area contributed by atoms with E-state index in [1.807, 2.05) is 12.1 Å². The van der Waals surface area contributed by atoms with Crippen molar-refractivity contribution in [1.29, 1.82) is 10.5 Å². The van der Waals surface area contributed by atoms with Crippen LogP contribution in [0, 0.1) is 28.6 Å². The molecule has 0 saturated carbocycles. The van der Waals surface area contributed by atoms with Gasteiger partial charge >= 0.3 is 12.0 Å². The van der Waals surface area contributed by atoms with E-state index >= 15 is 0 Å². The fraction of sp³-hybridized carbons (Fsp3) is 0.286. The van der Waals surface area contributed by atoms with E-state index in [0.717, 1.165) is 0 Å². The van der Waals surface area contributed by atoms with Gasteiger partial charge in [-0.1, -0.05) is 6.92 Å². The first-order valence-corrected chi connectivity index (χ1v) is 6.08. The Hall–Kier alpha value is -3.06. The standard InChI is InChI=1S/C14H14N4O3/c1-9(13(19)20)8-18(2)14(21)17-12-4-3-10(6-15)11(5-12)7-16/h3-5,9H,8H2,1-2H3,(H,17,21)(H,19,20). The number of nitriles is 2. The number of nitrogens with one attached hydrogen (secondary N) is 1. The average Bonchev–Trinajstić information content (AvgIpc) is 2.46. The molecule has 0 aliphatic heterocycles. The van der Waals surface area contributed by atoms with Gasteiger partial charge in [-0.2, -0.15) is 10.5 Å². The molecule has 2 N–H and O–H groups in total. The number of hydrogen-bond donors (Lipinski definition) is 2. The van der Waals surface area contributed by atoms with Crippen molar-refractivity contribution in [2.75, 3.05) is 18.9 Å². The summed E-state index contributed by atoms with van der Waals surface area (Å²) in [6, 6.07) is 7.60. The lowest BCUT2D eigenvalue weighted by atomic mass is 10.1. The van der Waals surface area contributed by atoms with Gasteiger partial charge in [0.2, 0.25) is 0 Å². The monoisotopic (exact) mass is 286 g/mol. The Bertz CT molecular complexity index is 643. The number of carboxylic acid groups (broad SMARTS) is 1. The van der Waals surface area contributed by atoms with E-state index in [-0.39, 0.29) is 17.7 Å². The van der Waals surface area contributed by atoms with Gasteiger partial charge in [-0.15, -0.1) is 0 Å². The molecule has 1 atom stereocenters. The van der Waals surface area contributed by atoms with E-state index in [4.69, 9.17) is 15.6 Å². The first-order valence-electron chi connectivity index (χ1n) is 6.08. The van der Waals surface area contributed by atoms with Crippen molar-refractivity contribution < 1.29 is 14.7 Å². The lowest BCUT2D eigenvalue weighted by Gasteiger charge is -2.20. The first kappa shape index (κ1) is 16.0. The van der Waals surface area contributed by atoms with Crippen LogP contribution in [0.3, 0.4) is 0 Å². The zero-order valence-corrected chi connectivity index (χ0v) is 11.6. The Labute approximate surface area is 122 Å². The molecule has 7 heteroatoms. The quantitative estimate of drug-likeness (QED) is 0.872. The summed E-state index contributed by atoms with van der Waals surface area (Å²) >= 11 is 0. The Kier molecular flexibility index (Phi) is 5.27. The van der Waals surface area contributed by atoms with Crippen molar-refractivity contribution in [2.24, 2.45) is 5.92 Å². The number of urea groups is 1. The molecule has 1 rings (SSSR count). The number of benzene rings is 1. The van der Waals surface area contributed by atoms with Gasteiger partial charge in [0, 0.05) is 19.3 Å². The summed E-state index contributed by atoms with van der Waals surface area (Å²) in [4.78, 5) is 23.9. The average molecular weight is 286 g/mol. The van der Waals surface area contributed by atoms with Gasteiger partial charge in [0.1, 0.15) is 12.1 Å². The maximum Gasteiger partial charge on any atom is 0.321 e. The Morgan fingerprint density at radius 3 is 2.48 bits per heavy atom. The van der Waals surface area contributed by atoms with E-state index in [1.165, 1.54) is 37.1 Å². The molecule has 0 aromatic heterocycles. The van der Waals surface area contributed by atoms with E-state index in [0.29, 0.717) is 5.69 Å². The van der Waals surface area contributed by atoms with Gasteiger partial charge in [0.05, 0.1) is 17.0 Å². The minimum absolute atomic E-state index is 0.0581. The lowest BCUT2D eigenvalue weighted by molar-refractivity contribution is -0.141. The molecule has 0 heterocycles. The third-order valence-electron chi connectivity index (χ3n) is 2.83. The summed E-state index contributed by atoms with van der Waals surface area (Å²) in [5, 5.41) is 29.1. The van der Waals surface area contributed by atoms with Crippen LogP contribution in [0.5, 0.6) is 0 Å². The van der Waals surface area contributed by atoms with Crippen LogP contribution < -0.4 is 5.32 Å². The lowest BCUT2D eigenvalue weighted by Crippen LogP contribution is -2.36. The molecular weight excluding hydrogens is 272 g/mol. The van der Waals surface area contributed by atoms with Gasteiger partial charge in [-0.25, -0.2) is 4.79 Å². The van der Waals surface area contributed by atoms with Crippen molar-refractivity contribution in [3.8, 4) is 12.1 Å². The minimum Gasteiger partial charge on any atom is -0.481 e. The Balaban J connectivity index is 2.78. The molecule has 0 fully saturated rings. The van der Waals surface area contributed by atoms with Crippen molar-refractivity contribution in [1.82, 2.24) is 4.90 Å². The first-order chi connectivity index (χ1) is 9.88. The number of carboxylic acids is 1. The molecule has 0 radical (unpaired) electrons. The second kappa shape index (κ2) is 6.92. The smallest absolute Gasteiger partial charge is 0.321 e. The third kappa shape index (κ3) is 4.22. The number of amides is 2. The van der Waals surface area contributed by atoms with E-state index in [9.17, 15) is 9.59 Å². The fourth-order valence-corrected chi connectivity index (χ4v) is 1.60. The summed E-state index contributed by atoms with van der Waals surface area (Å²) in [5.74, 6) is -1.67. The predicted octanol–water partition coefficient (Wildman–Crippen LogP) is 1.61. The van der Waals surface area contributed by atoms with E-state index in [2.05, 4.69) is 5.32 Å². The molecule has 7 nitrogen and oxygen atoms in total. The van der Waals surface area contributed by atoms with E-state index < -0.39 is 17.9 Å². The minimum atomic E-state index is -0.986. The molecule has 0 saturated heterocycles. The molecule has 1 unspecified atom stereocenters. The van der Waals surface area contributed by atoms with Gasteiger partial charge in [0.15, 0.2) is 0 Å². The zero-order valence-electron chi connectivity index (χ0n) is 11.6. The highest BCUT2D eigenvalue weighted by Crippen LogP contribution is 2.15. The van der Waals surface area contributed by atoms with Crippen LogP contribution in [-0.4, -0.2) is 35.6 Å². The number of carbonyl (C=O) groups excluding carboxylic acids is 1. The second-order valence-electron chi connectivity index (χ2n) is 4.53. The second-order valence-corrected chi connectivity index (χ2v) is 4.53. The van der Waals surface area contributed by atoms with Gasteiger partial charge < -0.3 is 15.3 Å². The van der Waals surface area contributed by atoms with Crippen LogP contribution in [0.2, 0.25) is 0 Å². The predicted molar refractivity (Wildman–Crippen MR) is 74.3 cm³/mol. The number of aliphatic carboxylic acids is 1. The summed E-state index contributed by atoms with van der Waals surface area (Å²) in [6.07, 6.45) is 0. The van der Waals surface area contributed by atoms with Crippen LogP contribution >= 0.6 is 0 Å². The topological polar surface area (TPSA) is 117 Å². The maximum absolute atomic E-state index is 11.9. The number of hydrogen-bond acceptors (Lipinski definition) is 4. The van der Waals surface area contributed by atoms with Crippen LogP contribution in [0.15, 0.2) is 18.2 Å². The molecule has 1 aromatic carbocycles. The van der Waals surface area contributed by atoms with Crippen molar-refractivity contribution in [3.05, 3.63) is 29.3 Å². The number of anilines is 1. The van der Waals surface area contributed by atoms with Crippen LogP contribution in [0.1, 0.15) is 18.1 Å². The van der Waals surface area contributed by atoms with Crippen molar-refractivity contribution >= 4 is 17.7 Å².